The second-order valence-electron chi connectivity index (χ2n) is 4.93. The number of rotatable bonds is 2. The lowest BCUT2D eigenvalue weighted by molar-refractivity contribution is -0.120. The number of benzene rings is 1. The van der Waals surface area contributed by atoms with Crippen LogP contribution >= 0.6 is 23.2 Å². The number of aromatic nitrogens is 2. The average molecular weight is 311 g/mol. The first-order valence-corrected chi connectivity index (χ1v) is 7.19. The molecule has 0 amide bonds. The first kappa shape index (κ1) is 13.6. The van der Waals surface area contributed by atoms with E-state index >= 15 is 0 Å². The number of carbonyl (C=O) groups is 1. The molecule has 2 aromatic rings. The summed E-state index contributed by atoms with van der Waals surface area (Å²) in [5.41, 5.74) is 0.726. The second kappa shape index (κ2) is 5.54. The smallest absolute Gasteiger partial charge is 0.230 e. The van der Waals surface area contributed by atoms with Gasteiger partial charge in [-0.25, -0.2) is 0 Å². The van der Waals surface area contributed by atoms with Crippen LogP contribution in [0.4, 0.5) is 0 Å². The van der Waals surface area contributed by atoms with Crippen molar-refractivity contribution in [3.05, 3.63) is 34.1 Å². The molecule has 0 atom stereocenters. The van der Waals surface area contributed by atoms with Crippen molar-refractivity contribution in [2.24, 2.45) is 0 Å². The van der Waals surface area contributed by atoms with E-state index in [0.717, 1.165) is 18.4 Å². The van der Waals surface area contributed by atoms with Crippen LogP contribution in [0.5, 0.6) is 0 Å². The van der Waals surface area contributed by atoms with Gasteiger partial charge in [0.2, 0.25) is 11.7 Å². The number of Topliss-reactive ketones (excluding diaryl/α,β-unsaturated/α-hetero) is 1. The molecule has 0 saturated heterocycles. The Morgan fingerprint density at radius 2 is 1.75 bits per heavy atom. The van der Waals surface area contributed by atoms with Crippen LogP contribution in [-0.2, 0) is 4.79 Å². The Kier molecular flexibility index (Phi) is 3.76. The predicted molar refractivity (Wildman–Crippen MR) is 76.0 cm³/mol. The van der Waals surface area contributed by atoms with E-state index in [1.807, 2.05) is 0 Å². The Labute approximate surface area is 126 Å². The van der Waals surface area contributed by atoms with Crippen LogP contribution in [0.25, 0.3) is 11.4 Å². The molecular formula is C14H12Cl2N2O2. The highest BCUT2D eigenvalue weighted by Crippen LogP contribution is 2.32. The Morgan fingerprint density at radius 1 is 1.10 bits per heavy atom. The van der Waals surface area contributed by atoms with Crippen LogP contribution in [0, 0.1) is 0 Å². The molecule has 0 bridgehead atoms. The van der Waals surface area contributed by atoms with Gasteiger partial charge in [-0.2, -0.15) is 4.98 Å². The molecule has 0 unspecified atom stereocenters. The second-order valence-corrected chi connectivity index (χ2v) is 5.80. The van der Waals surface area contributed by atoms with Gasteiger partial charge in [0.1, 0.15) is 5.78 Å². The molecule has 20 heavy (non-hydrogen) atoms. The van der Waals surface area contributed by atoms with E-state index in [1.165, 1.54) is 0 Å². The molecule has 1 saturated carbocycles. The Morgan fingerprint density at radius 3 is 2.40 bits per heavy atom. The summed E-state index contributed by atoms with van der Waals surface area (Å²) in [6.07, 6.45) is 2.73. The van der Waals surface area contributed by atoms with E-state index in [-0.39, 0.29) is 5.92 Å². The third-order valence-corrected chi connectivity index (χ3v) is 3.89. The third-order valence-electron chi connectivity index (χ3n) is 3.46. The number of hydrogen-bond donors (Lipinski definition) is 0. The molecule has 0 spiro atoms. The van der Waals surface area contributed by atoms with Crippen molar-refractivity contribution >= 4 is 29.0 Å². The highest BCUT2D eigenvalue weighted by molar-refractivity contribution is 6.35. The number of nitrogens with zero attached hydrogens (tertiary/aromatic N) is 2. The number of carbonyl (C=O) groups excluding carboxylic acids is 1. The van der Waals surface area contributed by atoms with Crippen molar-refractivity contribution in [2.75, 3.05) is 0 Å². The molecule has 3 rings (SSSR count). The molecule has 1 aliphatic carbocycles. The van der Waals surface area contributed by atoms with Gasteiger partial charge in [0.15, 0.2) is 0 Å². The lowest BCUT2D eigenvalue weighted by Gasteiger charge is -2.16. The monoisotopic (exact) mass is 310 g/mol. The maximum atomic E-state index is 11.2. The minimum Gasteiger partial charge on any atom is -0.339 e. The molecule has 4 nitrogen and oxygen atoms in total. The Balaban J connectivity index is 1.84. The van der Waals surface area contributed by atoms with Crippen molar-refractivity contribution < 1.29 is 9.32 Å². The van der Waals surface area contributed by atoms with E-state index in [4.69, 9.17) is 27.7 Å². The zero-order valence-electron chi connectivity index (χ0n) is 10.6. The van der Waals surface area contributed by atoms with Crippen molar-refractivity contribution in [2.45, 2.75) is 31.6 Å². The first-order valence-electron chi connectivity index (χ1n) is 6.43. The van der Waals surface area contributed by atoms with Crippen molar-refractivity contribution in [3.8, 4) is 11.4 Å². The fourth-order valence-corrected chi connectivity index (χ4v) is 2.91. The van der Waals surface area contributed by atoms with Crippen molar-refractivity contribution in [3.63, 3.8) is 0 Å². The SMILES string of the molecule is O=C1CCC(c2nc(-c3cc(Cl)cc(Cl)c3)no2)CC1. The maximum Gasteiger partial charge on any atom is 0.230 e. The fraction of sp³-hybridized carbons (Fsp3) is 0.357. The molecular weight excluding hydrogens is 299 g/mol. The van der Waals surface area contributed by atoms with Gasteiger partial charge < -0.3 is 4.52 Å². The first-order chi connectivity index (χ1) is 9.61. The molecule has 1 heterocycles. The standard InChI is InChI=1S/C14H12Cl2N2O2/c15-10-5-9(6-11(16)7-10)13-17-14(20-18-13)8-1-3-12(19)4-2-8/h5-8H,1-4H2. The largest absolute Gasteiger partial charge is 0.339 e. The van der Waals surface area contributed by atoms with Gasteiger partial charge in [-0.1, -0.05) is 28.4 Å². The quantitative estimate of drug-likeness (QED) is 0.831. The summed E-state index contributed by atoms with van der Waals surface area (Å²) in [7, 11) is 0. The summed E-state index contributed by atoms with van der Waals surface area (Å²) in [6.45, 7) is 0. The van der Waals surface area contributed by atoms with Gasteiger partial charge in [-0.05, 0) is 31.0 Å². The predicted octanol–water partition coefficient (Wildman–Crippen LogP) is 4.27. The van der Waals surface area contributed by atoms with Crippen LogP contribution in [-0.4, -0.2) is 15.9 Å². The highest BCUT2D eigenvalue weighted by atomic mass is 35.5. The van der Waals surface area contributed by atoms with Crippen LogP contribution in [0.1, 0.15) is 37.5 Å². The van der Waals surface area contributed by atoms with E-state index in [9.17, 15) is 4.79 Å². The van der Waals surface area contributed by atoms with Crippen molar-refractivity contribution in [1.29, 1.82) is 0 Å². The van der Waals surface area contributed by atoms with Crippen LogP contribution in [0.15, 0.2) is 22.7 Å². The van der Waals surface area contributed by atoms with Crippen LogP contribution in [0.2, 0.25) is 10.0 Å². The number of hydrogen-bond acceptors (Lipinski definition) is 4. The minimum atomic E-state index is 0.170. The lowest BCUT2D eigenvalue weighted by atomic mass is 9.88. The molecule has 1 aromatic carbocycles. The molecule has 0 N–H and O–H groups in total. The summed E-state index contributed by atoms with van der Waals surface area (Å²) in [4.78, 5) is 15.7. The third kappa shape index (κ3) is 2.86. The van der Waals surface area contributed by atoms with Crippen molar-refractivity contribution in [1.82, 2.24) is 10.1 Å². The topological polar surface area (TPSA) is 56.0 Å². The number of halogens is 2. The average Bonchev–Trinajstić information content (AvgIpc) is 2.88. The summed E-state index contributed by atoms with van der Waals surface area (Å²) in [5.74, 6) is 1.54. The van der Waals surface area contributed by atoms with Gasteiger partial charge in [0.05, 0.1) is 0 Å². The van der Waals surface area contributed by atoms with E-state index in [0.29, 0.717) is 40.4 Å². The summed E-state index contributed by atoms with van der Waals surface area (Å²) >= 11 is 11.9. The van der Waals surface area contributed by atoms with Gasteiger partial charge in [-0.3, -0.25) is 4.79 Å². The zero-order valence-corrected chi connectivity index (χ0v) is 12.1. The zero-order chi connectivity index (χ0) is 14.1. The van der Waals surface area contributed by atoms with E-state index in [2.05, 4.69) is 10.1 Å². The normalized spacial score (nSPS) is 16.6. The molecule has 0 radical (unpaired) electrons. The van der Waals surface area contributed by atoms with Gasteiger partial charge in [0.25, 0.3) is 0 Å². The summed E-state index contributed by atoms with van der Waals surface area (Å²) in [6, 6.07) is 5.14. The van der Waals surface area contributed by atoms with Crippen LogP contribution < -0.4 is 0 Å². The minimum absolute atomic E-state index is 0.170. The fourth-order valence-electron chi connectivity index (χ4n) is 2.39. The molecule has 1 aliphatic rings. The van der Waals surface area contributed by atoms with E-state index < -0.39 is 0 Å². The number of ketones is 1. The summed E-state index contributed by atoms with van der Waals surface area (Å²) < 4.78 is 5.31. The lowest BCUT2D eigenvalue weighted by Crippen LogP contribution is -2.12. The Hall–Kier alpha value is -1.39. The molecule has 0 aliphatic heterocycles. The van der Waals surface area contributed by atoms with E-state index in [1.54, 1.807) is 18.2 Å². The molecule has 1 fully saturated rings. The maximum absolute atomic E-state index is 11.2. The van der Waals surface area contributed by atoms with Crippen LogP contribution in [0.3, 0.4) is 0 Å². The summed E-state index contributed by atoms with van der Waals surface area (Å²) in [5, 5.41) is 5.03. The molecule has 1 aromatic heterocycles. The molecule has 6 heteroatoms. The van der Waals surface area contributed by atoms with Gasteiger partial charge in [-0.15, -0.1) is 0 Å². The van der Waals surface area contributed by atoms with Gasteiger partial charge >= 0.3 is 0 Å². The van der Waals surface area contributed by atoms with Gasteiger partial charge in [0, 0.05) is 34.4 Å². The molecule has 104 valence electrons. The highest BCUT2D eigenvalue weighted by Gasteiger charge is 2.25. The Bertz CT molecular complexity index is 624.